The molecule has 11 heavy (non-hydrogen) atoms. The molecule has 0 aliphatic carbocycles. The van der Waals surface area contributed by atoms with Gasteiger partial charge in [0.25, 0.3) is 5.56 Å². The first-order valence-electron chi connectivity index (χ1n) is 3.40. The Kier molecular flexibility index (Phi) is 2.35. The van der Waals surface area contributed by atoms with E-state index in [9.17, 15) is 4.79 Å². The van der Waals surface area contributed by atoms with Crippen molar-refractivity contribution < 1.29 is 0 Å². The standard InChI is InChI=1S/C8H10ClNO/c1-5-3-6(2)10-8(11)7(5)4-9/h3H,4H2,1-2H3,(H,10,11). The Balaban J connectivity index is 3.37. The highest BCUT2D eigenvalue weighted by atomic mass is 35.5. The molecular formula is C8H10ClNO. The largest absolute Gasteiger partial charge is 0.326 e. The fraction of sp³-hybridized carbons (Fsp3) is 0.375. The van der Waals surface area contributed by atoms with Gasteiger partial charge in [0.15, 0.2) is 0 Å². The monoisotopic (exact) mass is 171 g/mol. The zero-order valence-electron chi connectivity index (χ0n) is 6.57. The van der Waals surface area contributed by atoms with E-state index in [0.717, 1.165) is 11.3 Å². The van der Waals surface area contributed by atoms with Crippen molar-refractivity contribution in [2.45, 2.75) is 19.7 Å². The summed E-state index contributed by atoms with van der Waals surface area (Å²) in [6, 6.07) is 1.92. The Morgan fingerprint density at radius 1 is 1.55 bits per heavy atom. The number of halogens is 1. The molecule has 0 bridgehead atoms. The van der Waals surface area contributed by atoms with Crippen LogP contribution in [0.5, 0.6) is 0 Å². The molecule has 60 valence electrons. The summed E-state index contributed by atoms with van der Waals surface area (Å²) in [5.74, 6) is 0.279. The number of aromatic nitrogens is 1. The maximum Gasteiger partial charge on any atom is 0.252 e. The molecule has 0 aliphatic heterocycles. The first-order valence-corrected chi connectivity index (χ1v) is 3.94. The number of hydrogen-bond acceptors (Lipinski definition) is 1. The minimum atomic E-state index is -0.0718. The van der Waals surface area contributed by atoms with Crippen LogP contribution in [-0.4, -0.2) is 4.98 Å². The maximum atomic E-state index is 11.2. The van der Waals surface area contributed by atoms with Crippen molar-refractivity contribution in [3.63, 3.8) is 0 Å². The molecule has 0 aromatic carbocycles. The van der Waals surface area contributed by atoms with Crippen LogP contribution in [0.2, 0.25) is 0 Å². The zero-order chi connectivity index (χ0) is 8.43. The lowest BCUT2D eigenvalue weighted by Crippen LogP contribution is -2.13. The van der Waals surface area contributed by atoms with Crippen molar-refractivity contribution in [1.82, 2.24) is 4.98 Å². The predicted octanol–water partition coefficient (Wildman–Crippen LogP) is 1.73. The van der Waals surface area contributed by atoms with Crippen molar-refractivity contribution in [3.05, 3.63) is 33.2 Å². The van der Waals surface area contributed by atoms with Crippen molar-refractivity contribution in [2.75, 3.05) is 0 Å². The van der Waals surface area contributed by atoms with E-state index in [0.29, 0.717) is 5.56 Å². The van der Waals surface area contributed by atoms with E-state index in [2.05, 4.69) is 4.98 Å². The lowest BCUT2D eigenvalue weighted by Gasteiger charge is -2.00. The second kappa shape index (κ2) is 3.09. The van der Waals surface area contributed by atoms with Crippen molar-refractivity contribution in [1.29, 1.82) is 0 Å². The highest BCUT2D eigenvalue weighted by Crippen LogP contribution is 2.05. The number of nitrogens with one attached hydrogen (secondary N) is 1. The van der Waals surface area contributed by atoms with Gasteiger partial charge in [-0.1, -0.05) is 0 Å². The van der Waals surface area contributed by atoms with Gasteiger partial charge in [0.05, 0.1) is 5.88 Å². The first-order chi connectivity index (χ1) is 5.15. The third-order valence-corrected chi connectivity index (χ3v) is 1.89. The van der Waals surface area contributed by atoms with Gasteiger partial charge in [0.2, 0.25) is 0 Å². The molecule has 1 aromatic heterocycles. The summed E-state index contributed by atoms with van der Waals surface area (Å²) in [6.07, 6.45) is 0. The molecule has 1 aromatic rings. The molecule has 0 atom stereocenters. The SMILES string of the molecule is Cc1cc(C)c(CCl)c(=O)[nH]1. The van der Waals surface area contributed by atoms with Crippen LogP contribution in [-0.2, 0) is 5.88 Å². The number of rotatable bonds is 1. The molecule has 0 aliphatic rings. The average molecular weight is 172 g/mol. The van der Waals surface area contributed by atoms with E-state index in [1.54, 1.807) is 0 Å². The molecule has 2 nitrogen and oxygen atoms in total. The number of aromatic amines is 1. The van der Waals surface area contributed by atoms with E-state index in [1.807, 2.05) is 19.9 Å². The number of hydrogen-bond donors (Lipinski definition) is 1. The van der Waals surface area contributed by atoms with Crippen LogP contribution in [0.15, 0.2) is 10.9 Å². The molecule has 3 heteroatoms. The van der Waals surface area contributed by atoms with Gasteiger partial charge >= 0.3 is 0 Å². The van der Waals surface area contributed by atoms with Crippen LogP contribution < -0.4 is 5.56 Å². The second-order valence-electron chi connectivity index (χ2n) is 2.58. The lowest BCUT2D eigenvalue weighted by molar-refractivity contribution is 1.07. The summed E-state index contributed by atoms with van der Waals surface area (Å²) in [4.78, 5) is 13.8. The molecule has 1 heterocycles. The zero-order valence-corrected chi connectivity index (χ0v) is 7.33. The van der Waals surface area contributed by atoms with Crippen molar-refractivity contribution in [2.24, 2.45) is 0 Å². The Morgan fingerprint density at radius 3 is 2.64 bits per heavy atom. The van der Waals surface area contributed by atoms with Crippen molar-refractivity contribution in [3.8, 4) is 0 Å². The highest BCUT2D eigenvalue weighted by molar-refractivity contribution is 6.17. The molecule has 0 amide bonds. The van der Waals surface area contributed by atoms with Gasteiger partial charge in [-0.05, 0) is 25.5 Å². The van der Waals surface area contributed by atoms with E-state index in [-0.39, 0.29) is 11.4 Å². The fourth-order valence-electron chi connectivity index (χ4n) is 1.05. The number of H-pyrrole nitrogens is 1. The van der Waals surface area contributed by atoms with Gasteiger partial charge < -0.3 is 4.98 Å². The van der Waals surface area contributed by atoms with Crippen molar-refractivity contribution >= 4 is 11.6 Å². The minimum absolute atomic E-state index is 0.0718. The van der Waals surface area contributed by atoms with Crippen LogP contribution in [0.4, 0.5) is 0 Å². The smallest absolute Gasteiger partial charge is 0.252 e. The van der Waals surface area contributed by atoms with Gasteiger partial charge in [0, 0.05) is 11.3 Å². The van der Waals surface area contributed by atoms with Crippen LogP contribution in [0, 0.1) is 13.8 Å². The molecular weight excluding hydrogens is 162 g/mol. The van der Waals surface area contributed by atoms with E-state index < -0.39 is 0 Å². The van der Waals surface area contributed by atoms with Crippen LogP contribution in [0.3, 0.4) is 0 Å². The minimum Gasteiger partial charge on any atom is -0.326 e. The molecule has 0 saturated heterocycles. The normalized spacial score (nSPS) is 10.1. The summed E-state index contributed by atoms with van der Waals surface area (Å²) >= 11 is 5.57. The third-order valence-electron chi connectivity index (χ3n) is 1.63. The Bertz CT molecular complexity index is 316. The summed E-state index contributed by atoms with van der Waals surface area (Å²) in [6.45, 7) is 3.74. The van der Waals surface area contributed by atoms with Crippen LogP contribution in [0.25, 0.3) is 0 Å². The van der Waals surface area contributed by atoms with Gasteiger partial charge in [-0.3, -0.25) is 4.79 Å². The first kappa shape index (κ1) is 8.34. The predicted molar refractivity (Wildman–Crippen MR) is 46.1 cm³/mol. The molecule has 1 rings (SSSR count). The van der Waals surface area contributed by atoms with E-state index in [1.165, 1.54) is 0 Å². The summed E-state index contributed by atoms with van der Waals surface area (Å²) < 4.78 is 0. The van der Waals surface area contributed by atoms with Gasteiger partial charge in [0.1, 0.15) is 0 Å². The number of alkyl halides is 1. The molecule has 0 fully saturated rings. The Labute approximate surface area is 70.2 Å². The number of pyridine rings is 1. The third kappa shape index (κ3) is 1.63. The van der Waals surface area contributed by atoms with Gasteiger partial charge in [-0.25, -0.2) is 0 Å². The molecule has 1 N–H and O–H groups in total. The fourth-order valence-corrected chi connectivity index (χ4v) is 1.38. The Hall–Kier alpha value is -0.760. The molecule has 0 unspecified atom stereocenters. The quantitative estimate of drug-likeness (QED) is 0.642. The summed E-state index contributed by atoms with van der Waals surface area (Å²) in [5.41, 5.74) is 2.43. The molecule has 0 saturated carbocycles. The van der Waals surface area contributed by atoms with Gasteiger partial charge in [-0.15, -0.1) is 11.6 Å². The highest BCUT2D eigenvalue weighted by Gasteiger charge is 2.01. The van der Waals surface area contributed by atoms with Gasteiger partial charge in [-0.2, -0.15) is 0 Å². The van der Waals surface area contributed by atoms with E-state index in [4.69, 9.17) is 11.6 Å². The van der Waals surface area contributed by atoms with Crippen LogP contribution >= 0.6 is 11.6 Å². The molecule has 0 spiro atoms. The Morgan fingerprint density at radius 2 is 2.18 bits per heavy atom. The second-order valence-corrected chi connectivity index (χ2v) is 2.84. The average Bonchev–Trinajstić information content (AvgIpc) is 1.85. The summed E-state index contributed by atoms with van der Waals surface area (Å²) in [5, 5.41) is 0. The number of aryl methyl sites for hydroxylation is 2. The maximum absolute atomic E-state index is 11.2. The molecule has 0 radical (unpaired) electrons. The summed E-state index contributed by atoms with van der Waals surface area (Å²) in [7, 11) is 0. The topological polar surface area (TPSA) is 32.9 Å². The lowest BCUT2D eigenvalue weighted by atomic mass is 10.1. The van der Waals surface area contributed by atoms with E-state index >= 15 is 0 Å². The van der Waals surface area contributed by atoms with Crippen LogP contribution in [0.1, 0.15) is 16.8 Å².